The first-order valence-electron chi connectivity index (χ1n) is 14.5. The van der Waals surface area contributed by atoms with Gasteiger partial charge in [-0.1, -0.05) is 17.7 Å². The van der Waals surface area contributed by atoms with Crippen LogP contribution >= 0.6 is 11.6 Å². The van der Waals surface area contributed by atoms with Gasteiger partial charge >= 0.3 is 18.2 Å². The number of aliphatic carboxylic acids is 1. The second-order valence-corrected chi connectivity index (χ2v) is 12.1. The van der Waals surface area contributed by atoms with Crippen LogP contribution in [0.5, 0.6) is 0 Å². The first-order chi connectivity index (χ1) is 21.4. The minimum absolute atomic E-state index is 0.0603. The van der Waals surface area contributed by atoms with E-state index < -0.39 is 59.4 Å². The number of carbonyl (C=O) groups excluding carboxylic acids is 2. The van der Waals surface area contributed by atoms with E-state index in [-0.39, 0.29) is 37.3 Å². The number of carbonyl (C=O) groups is 3. The molecule has 46 heavy (non-hydrogen) atoms. The minimum Gasteiger partial charge on any atom is -0.480 e. The Bertz CT molecular complexity index is 1400. The summed E-state index contributed by atoms with van der Waals surface area (Å²) >= 11 is 6.17. The number of alkyl halides is 3. The minimum atomic E-state index is -4.26. The lowest BCUT2D eigenvalue weighted by Gasteiger charge is -2.37. The summed E-state index contributed by atoms with van der Waals surface area (Å²) in [6.45, 7) is 5.82. The molecule has 1 aliphatic heterocycles. The summed E-state index contributed by atoms with van der Waals surface area (Å²) in [5, 5.41) is 17.4. The highest BCUT2D eigenvalue weighted by molar-refractivity contribution is 6.31. The van der Waals surface area contributed by atoms with Crippen LogP contribution < -0.4 is 20.9 Å². The number of nitrogens with zero attached hydrogens (tertiary/aromatic N) is 2. The molecule has 1 heterocycles. The molecule has 16 heteroatoms. The van der Waals surface area contributed by atoms with E-state index in [0.29, 0.717) is 36.9 Å². The Kier molecular flexibility index (Phi) is 12.6. The third kappa shape index (κ3) is 11.3. The topological polar surface area (TPSA) is 123 Å². The molecule has 2 aromatic carbocycles. The van der Waals surface area contributed by atoms with E-state index in [1.54, 1.807) is 31.7 Å². The van der Waals surface area contributed by atoms with E-state index in [1.807, 2.05) is 4.90 Å². The molecule has 10 nitrogen and oxygen atoms in total. The maximum absolute atomic E-state index is 15.1. The summed E-state index contributed by atoms with van der Waals surface area (Å²) in [5.74, 6) is -5.02. The molecule has 0 aromatic heterocycles. The normalized spacial score (nSPS) is 14.9. The Balaban J connectivity index is 1.63. The number of piperazine rings is 1. The van der Waals surface area contributed by atoms with Gasteiger partial charge in [-0.2, -0.15) is 13.2 Å². The van der Waals surface area contributed by atoms with Crippen molar-refractivity contribution in [2.24, 2.45) is 0 Å². The second kappa shape index (κ2) is 15.7. The van der Waals surface area contributed by atoms with Crippen LogP contribution in [0.1, 0.15) is 49.5 Å². The smallest absolute Gasteiger partial charge is 0.407 e. The Hall–Kier alpha value is -3.69. The standard InChI is InChI=1S/C30H37ClF5N5O5/c1-29(2,3)46-28(45)37-10-8-22(27(43)44)38-17-18-4-6-20(25(33)24(18)32)26(42)39-21-7-5-19(31)16-23(21)41-14-12-40(13-15-41)11-9-30(34,35)36/h4-7,16,22,38H,8-15,17H2,1-3H3,(H,37,45)(H,39,42)(H,43,44). The van der Waals surface area contributed by atoms with E-state index in [4.69, 9.17) is 16.3 Å². The molecule has 1 atom stereocenters. The molecule has 3 rings (SSSR count). The van der Waals surface area contributed by atoms with Crippen LogP contribution in [0, 0.1) is 11.6 Å². The van der Waals surface area contributed by atoms with Crippen LogP contribution in [0.3, 0.4) is 0 Å². The maximum Gasteiger partial charge on any atom is 0.407 e. The highest BCUT2D eigenvalue weighted by atomic mass is 35.5. The fourth-order valence-corrected chi connectivity index (χ4v) is 4.81. The summed E-state index contributed by atoms with van der Waals surface area (Å²) in [6, 6.07) is 5.56. The molecular weight excluding hydrogens is 641 g/mol. The third-order valence-electron chi connectivity index (χ3n) is 6.98. The first-order valence-corrected chi connectivity index (χ1v) is 14.9. The average molecular weight is 678 g/mol. The summed E-state index contributed by atoms with van der Waals surface area (Å²) in [7, 11) is 0. The zero-order valence-corrected chi connectivity index (χ0v) is 26.3. The number of hydrogen-bond acceptors (Lipinski definition) is 7. The molecule has 0 aliphatic carbocycles. The van der Waals surface area contributed by atoms with Crippen LogP contribution in [0.15, 0.2) is 30.3 Å². The Labute approximate surface area is 268 Å². The number of anilines is 2. The molecule has 2 amide bonds. The van der Waals surface area contributed by atoms with Gasteiger partial charge in [-0.05, 0) is 51.5 Å². The number of amides is 2. The first kappa shape index (κ1) is 36.8. The van der Waals surface area contributed by atoms with Crippen molar-refractivity contribution >= 4 is 40.9 Å². The predicted molar refractivity (Wildman–Crippen MR) is 162 cm³/mol. The molecule has 1 aliphatic rings. The van der Waals surface area contributed by atoms with Crippen molar-refractivity contribution in [3.05, 3.63) is 58.1 Å². The van der Waals surface area contributed by atoms with Crippen molar-refractivity contribution in [3.8, 4) is 0 Å². The molecular formula is C30H37ClF5N5O5. The summed E-state index contributed by atoms with van der Waals surface area (Å²) in [6.07, 6.45) is -5.98. The number of carboxylic acids is 1. The van der Waals surface area contributed by atoms with Gasteiger partial charge < -0.3 is 30.7 Å². The molecule has 1 fully saturated rings. The summed E-state index contributed by atoms with van der Waals surface area (Å²) < 4.78 is 73.0. The second-order valence-electron chi connectivity index (χ2n) is 11.7. The van der Waals surface area contributed by atoms with Gasteiger partial charge in [0, 0.05) is 56.4 Å². The van der Waals surface area contributed by atoms with Crippen molar-refractivity contribution < 1.29 is 46.2 Å². The lowest BCUT2D eigenvalue weighted by atomic mass is 10.1. The van der Waals surface area contributed by atoms with E-state index in [1.165, 1.54) is 12.1 Å². The average Bonchev–Trinajstić information content (AvgIpc) is 2.95. The van der Waals surface area contributed by atoms with Gasteiger partial charge in [0.1, 0.15) is 11.6 Å². The molecule has 4 N–H and O–H groups in total. The van der Waals surface area contributed by atoms with Crippen molar-refractivity contribution in [2.45, 2.75) is 58.0 Å². The van der Waals surface area contributed by atoms with Gasteiger partial charge in [-0.25, -0.2) is 13.6 Å². The highest BCUT2D eigenvalue weighted by Crippen LogP contribution is 2.31. The lowest BCUT2D eigenvalue weighted by molar-refractivity contribution is -0.140. The van der Waals surface area contributed by atoms with E-state index >= 15 is 8.78 Å². The number of alkyl carbamates (subject to hydrolysis) is 1. The van der Waals surface area contributed by atoms with Gasteiger partial charge in [0.15, 0.2) is 11.6 Å². The number of carboxylic acid groups (broad SMARTS) is 1. The Morgan fingerprint density at radius 2 is 1.70 bits per heavy atom. The largest absolute Gasteiger partial charge is 0.480 e. The van der Waals surface area contributed by atoms with Crippen LogP contribution in [0.2, 0.25) is 5.02 Å². The van der Waals surface area contributed by atoms with Gasteiger partial charge in [0.05, 0.1) is 23.4 Å². The molecule has 1 saturated heterocycles. The number of halogens is 6. The lowest BCUT2D eigenvalue weighted by Crippen LogP contribution is -2.47. The predicted octanol–water partition coefficient (Wildman–Crippen LogP) is 5.40. The van der Waals surface area contributed by atoms with Crippen molar-refractivity contribution in [1.29, 1.82) is 0 Å². The number of rotatable bonds is 12. The SMILES string of the molecule is CC(C)(C)OC(=O)NCCC(NCc1ccc(C(=O)Nc2ccc(Cl)cc2N2CCN(CCC(F)(F)F)CC2)c(F)c1F)C(=O)O. The highest BCUT2D eigenvalue weighted by Gasteiger charge is 2.29. The summed E-state index contributed by atoms with van der Waals surface area (Å²) in [4.78, 5) is 40.0. The van der Waals surface area contributed by atoms with E-state index in [9.17, 15) is 32.7 Å². The fraction of sp³-hybridized carbons (Fsp3) is 0.500. The maximum atomic E-state index is 15.1. The number of ether oxygens (including phenoxy) is 1. The van der Waals surface area contributed by atoms with Crippen LogP contribution in [-0.2, 0) is 16.1 Å². The molecule has 254 valence electrons. The van der Waals surface area contributed by atoms with E-state index in [2.05, 4.69) is 16.0 Å². The van der Waals surface area contributed by atoms with Crippen LogP contribution in [0.4, 0.5) is 38.1 Å². The Morgan fingerprint density at radius 1 is 1.02 bits per heavy atom. The third-order valence-corrected chi connectivity index (χ3v) is 7.21. The van der Waals surface area contributed by atoms with Crippen molar-refractivity contribution in [1.82, 2.24) is 15.5 Å². The van der Waals surface area contributed by atoms with Crippen molar-refractivity contribution in [2.75, 3.05) is 49.5 Å². The molecule has 1 unspecified atom stereocenters. The van der Waals surface area contributed by atoms with Gasteiger partial charge in [-0.15, -0.1) is 0 Å². The van der Waals surface area contributed by atoms with Crippen molar-refractivity contribution in [3.63, 3.8) is 0 Å². The quantitative estimate of drug-likeness (QED) is 0.220. The zero-order valence-electron chi connectivity index (χ0n) is 25.6. The zero-order chi connectivity index (χ0) is 34.2. The fourth-order valence-electron chi connectivity index (χ4n) is 4.64. The van der Waals surface area contributed by atoms with Gasteiger partial charge in [0.2, 0.25) is 0 Å². The molecule has 0 spiro atoms. The molecule has 0 radical (unpaired) electrons. The number of nitrogens with one attached hydrogen (secondary N) is 3. The van der Waals surface area contributed by atoms with E-state index in [0.717, 1.165) is 12.1 Å². The van der Waals surface area contributed by atoms with Gasteiger partial charge in [0.25, 0.3) is 5.91 Å². The van der Waals surface area contributed by atoms with Gasteiger partial charge in [-0.3, -0.25) is 14.5 Å². The van der Waals surface area contributed by atoms with Crippen LogP contribution in [0.25, 0.3) is 0 Å². The molecule has 2 aromatic rings. The molecule has 0 bridgehead atoms. The van der Waals surface area contributed by atoms with Crippen LogP contribution in [-0.4, -0.2) is 85.1 Å². The summed E-state index contributed by atoms with van der Waals surface area (Å²) in [5.41, 5.74) is -0.852. The molecule has 0 saturated carbocycles. The number of hydrogen-bond donors (Lipinski definition) is 4. The Morgan fingerprint density at radius 3 is 2.30 bits per heavy atom. The monoisotopic (exact) mass is 677 g/mol. The number of benzene rings is 2.